The van der Waals surface area contributed by atoms with Crippen molar-refractivity contribution in [3.8, 4) is 17.9 Å². The highest BCUT2D eigenvalue weighted by molar-refractivity contribution is 8.26. The van der Waals surface area contributed by atoms with E-state index in [-0.39, 0.29) is 11.6 Å². The number of amidine groups is 1. The van der Waals surface area contributed by atoms with Gasteiger partial charge in [-0.2, -0.15) is 15.9 Å². The summed E-state index contributed by atoms with van der Waals surface area (Å²) >= 11 is 1.63. The van der Waals surface area contributed by atoms with Gasteiger partial charge in [-0.25, -0.2) is 0 Å². The van der Waals surface area contributed by atoms with Gasteiger partial charge in [0, 0.05) is 25.7 Å². The Morgan fingerprint density at radius 3 is 2.50 bits per heavy atom. The first kappa shape index (κ1) is 19.4. The van der Waals surface area contributed by atoms with Crippen molar-refractivity contribution in [1.82, 2.24) is 5.32 Å². The molecular weight excluding hydrogens is 414 g/mol. The van der Waals surface area contributed by atoms with Gasteiger partial charge >= 0.3 is 0 Å². The van der Waals surface area contributed by atoms with E-state index in [1.807, 2.05) is 31.2 Å². The first-order valence-corrected chi connectivity index (χ1v) is 12.2. The lowest BCUT2D eigenvalue weighted by atomic mass is 9.91. The van der Waals surface area contributed by atoms with Crippen LogP contribution in [0.4, 0.5) is 0 Å². The second-order valence-electron chi connectivity index (χ2n) is 8.33. The van der Waals surface area contributed by atoms with E-state index < -0.39 is 20.9 Å². The lowest BCUT2D eigenvalue weighted by Crippen LogP contribution is -2.58. The molecule has 1 saturated heterocycles. The summed E-state index contributed by atoms with van der Waals surface area (Å²) in [7, 11) is -2.90. The highest BCUT2D eigenvalue weighted by atomic mass is 32.3. The molecule has 4 N–H and O–H groups in total. The van der Waals surface area contributed by atoms with E-state index in [1.54, 1.807) is 18.3 Å². The molecule has 2 heterocycles. The summed E-state index contributed by atoms with van der Waals surface area (Å²) in [5.74, 6) is 6.33. The van der Waals surface area contributed by atoms with E-state index in [0.717, 1.165) is 25.7 Å². The molecule has 5 rings (SSSR count). The molecular formula is C23H21N3O2S2. The Morgan fingerprint density at radius 1 is 1.13 bits per heavy atom. The molecule has 30 heavy (non-hydrogen) atoms. The monoisotopic (exact) mass is 435 g/mol. The minimum Gasteiger partial charge on any atom is -0.361 e. The molecule has 152 valence electrons. The van der Waals surface area contributed by atoms with Gasteiger partial charge in [0.1, 0.15) is 16.7 Å². The zero-order valence-corrected chi connectivity index (χ0v) is 18.3. The zero-order valence-electron chi connectivity index (χ0n) is 16.7. The highest BCUT2D eigenvalue weighted by Gasteiger charge is 2.63. The van der Waals surface area contributed by atoms with Crippen molar-refractivity contribution in [3.63, 3.8) is 0 Å². The molecule has 1 aromatic heterocycles. The Morgan fingerprint density at radius 2 is 1.87 bits per heavy atom. The lowest BCUT2D eigenvalue weighted by molar-refractivity contribution is 0.405. The molecule has 1 atom stereocenters. The SMILES string of the molecule is CC#Cc1cc2c(cc1C#N)sc1ccc([C@]3(C)CS(O)(O)C4(CC4)C(=N)N3)cc12. The minimum absolute atomic E-state index is 0.196. The third-order valence-corrected chi connectivity index (χ3v) is 10.3. The standard InChI is InChI=1S/C23H21N3O2S2/c1-3-4-14-9-17-18-11-16(5-6-19(18)29-20(17)10-15(14)12-24)22(2)13-30(27,28)23(7-8-23)21(25)26-22/h5-6,9-11,27-28H,7-8,13H2,1-2H3,(H2,25,26)/t22-/m0/s1. The maximum absolute atomic E-state index is 10.8. The number of hydrogen-bond acceptors (Lipinski definition) is 5. The fourth-order valence-electron chi connectivity index (χ4n) is 4.47. The van der Waals surface area contributed by atoms with Crippen LogP contribution < -0.4 is 5.32 Å². The molecule has 3 aromatic rings. The maximum atomic E-state index is 10.8. The van der Waals surface area contributed by atoms with E-state index in [2.05, 4.69) is 29.3 Å². The molecule has 0 amide bonds. The molecule has 0 radical (unpaired) electrons. The van der Waals surface area contributed by atoms with Gasteiger partial charge in [0.05, 0.1) is 16.9 Å². The predicted octanol–water partition coefficient (Wildman–Crippen LogP) is 5.38. The summed E-state index contributed by atoms with van der Waals surface area (Å²) in [6, 6.07) is 12.2. The minimum atomic E-state index is -2.90. The Bertz CT molecular complexity index is 1350. The van der Waals surface area contributed by atoms with Gasteiger partial charge < -0.3 is 5.32 Å². The largest absolute Gasteiger partial charge is 0.361 e. The normalized spacial score (nSPS) is 24.7. The van der Waals surface area contributed by atoms with Crippen LogP contribution in [0.25, 0.3) is 20.2 Å². The quantitative estimate of drug-likeness (QED) is 0.386. The molecule has 2 fully saturated rings. The van der Waals surface area contributed by atoms with Crippen LogP contribution in [0.3, 0.4) is 0 Å². The molecule has 1 saturated carbocycles. The molecule has 5 nitrogen and oxygen atoms in total. The second kappa shape index (κ2) is 6.23. The van der Waals surface area contributed by atoms with Crippen LogP contribution >= 0.6 is 21.9 Å². The molecule has 7 heteroatoms. The third-order valence-electron chi connectivity index (χ3n) is 6.30. The number of nitrogens with zero attached hydrogens (tertiary/aromatic N) is 1. The van der Waals surface area contributed by atoms with Crippen molar-refractivity contribution in [2.75, 3.05) is 5.75 Å². The van der Waals surface area contributed by atoms with E-state index in [4.69, 9.17) is 5.41 Å². The van der Waals surface area contributed by atoms with E-state index in [1.165, 1.54) is 0 Å². The van der Waals surface area contributed by atoms with Gasteiger partial charge in [-0.05, 0) is 56.5 Å². The van der Waals surface area contributed by atoms with Crippen LogP contribution in [-0.4, -0.2) is 25.4 Å². The lowest BCUT2D eigenvalue weighted by Gasteiger charge is -2.53. The van der Waals surface area contributed by atoms with Gasteiger partial charge in [-0.3, -0.25) is 14.5 Å². The molecule has 1 spiro atoms. The number of fused-ring (bicyclic) bond motifs is 3. The third kappa shape index (κ3) is 2.60. The van der Waals surface area contributed by atoms with Gasteiger partial charge in [-0.15, -0.1) is 17.3 Å². The number of hydrogen-bond donors (Lipinski definition) is 4. The van der Waals surface area contributed by atoms with Gasteiger partial charge in [0.2, 0.25) is 0 Å². The molecule has 1 aliphatic heterocycles. The van der Waals surface area contributed by atoms with Gasteiger partial charge in [0.15, 0.2) is 0 Å². The van der Waals surface area contributed by atoms with Crippen LogP contribution in [-0.2, 0) is 5.54 Å². The first-order valence-electron chi connectivity index (χ1n) is 9.69. The van der Waals surface area contributed by atoms with Crippen molar-refractivity contribution in [1.29, 1.82) is 10.7 Å². The van der Waals surface area contributed by atoms with Crippen molar-refractivity contribution in [3.05, 3.63) is 47.0 Å². The van der Waals surface area contributed by atoms with Crippen LogP contribution in [0.15, 0.2) is 30.3 Å². The Hall–Kier alpha value is -2.55. The Kier molecular flexibility index (Phi) is 4.03. The van der Waals surface area contributed by atoms with Crippen LogP contribution in [0.1, 0.15) is 43.4 Å². The predicted molar refractivity (Wildman–Crippen MR) is 124 cm³/mol. The van der Waals surface area contributed by atoms with E-state index in [9.17, 15) is 14.4 Å². The smallest absolute Gasteiger partial charge is 0.120 e. The summed E-state index contributed by atoms with van der Waals surface area (Å²) in [6.45, 7) is 3.69. The topological polar surface area (TPSA) is 100 Å². The summed E-state index contributed by atoms with van der Waals surface area (Å²) in [6.07, 6.45) is 1.32. The molecule has 1 aliphatic carbocycles. The Labute approximate surface area is 180 Å². The maximum Gasteiger partial charge on any atom is 0.120 e. The number of thiophene rings is 1. The van der Waals surface area contributed by atoms with Crippen molar-refractivity contribution in [2.24, 2.45) is 0 Å². The fourth-order valence-corrected chi connectivity index (χ4v) is 8.03. The molecule has 0 unspecified atom stereocenters. The van der Waals surface area contributed by atoms with E-state index in [0.29, 0.717) is 24.0 Å². The average Bonchev–Trinajstić information content (AvgIpc) is 3.44. The van der Waals surface area contributed by atoms with Crippen molar-refractivity contribution in [2.45, 2.75) is 37.0 Å². The second-order valence-corrected chi connectivity index (χ2v) is 11.8. The average molecular weight is 436 g/mol. The van der Waals surface area contributed by atoms with Crippen LogP contribution in [0.5, 0.6) is 0 Å². The Balaban J connectivity index is 1.66. The van der Waals surface area contributed by atoms with Crippen LogP contribution in [0.2, 0.25) is 0 Å². The van der Waals surface area contributed by atoms with E-state index >= 15 is 0 Å². The van der Waals surface area contributed by atoms with Crippen LogP contribution in [0, 0.1) is 28.6 Å². The van der Waals surface area contributed by atoms with Gasteiger partial charge in [0.25, 0.3) is 0 Å². The zero-order chi connectivity index (χ0) is 21.3. The van der Waals surface area contributed by atoms with Gasteiger partial charge in [-0.1, -0.05) is 12.0 Å². The number of nitriles is 1. The molecule has 2 aliphatic rings. The highest BCUT2D eigenvalue weighted by Crippen LogP contribution is 2.69. The first-order chi connectivity index (χ1) is 14.2. The summed E-state index contributed by atoms with van der Waals surface area (Å²) in [5.41, 5.74) is 1.47. The molecule has 0 bridgehead atoms. The van der Waals surface area contributed by atoms with Crippen molar-refractivity contribution >= 4 is 47.9 Å². The molecule has 2 aromatic carbocycles. The number of benzene rings is 2. The summed E-state index contributed by atoms with van der Waals surface area (Å²) < 4.78 is 23.1. The number of nitrogens with one attached hydrogen (secondary N) is 2. The summed E-state index contributed by atoms with van der Waals surface area (Å²) in [4.78, 5) is 0. The van der Waals surface area contributed by atoms with Crippen molar-refractivity contribution < 1.29 is 9.11 Å². The summed E-state index contributed by atoms with van der Waals surface area (Å²) in [5, 5.41) is 23.3. The fraction of sp³-hybridized carbons (Fsp3) is 0.304. The number of rotatable bonds is 1.